The Hall–Kier alpha value is -5.81. The van der Waals surface area contributed by atoms with Gasteiger partial charge in [0.1, 0.15) is 0 Å². The Bertz CT molecular complexity index is 1820. The molecule has 0 aromatic heterocycles. The van der Waals surface area contributed by atoms with Crippen LogP contribution in [0.15, 0.2) is 212 Å². The Balaban J connectivity index is 0.000000483. The van der Waals surface area contributed by atoms with Crippen LogP contribution in [0.25, 0.3) is 66.8 Å². The highest BCUT2D eigenvalue weighted by Crippen LogP contribution is 2.55. The van der Waals surface area contributed by atoms with Crippen LogP contribution in [0.1, 0.15) is 0 Å². The Kier molecular flexibility index (Phi) is 9.98. The van der Waals surface area contributed by atoms with Crippen LogP contribution in [-0.4, -0.2) is 0 Å². The third kappa shape index (κ3) is 7.07. The van der Waals surface area contributed by atoms with E-state index in [-0.39, 0.29) is 0 Å². The maximum absolute atomic E-state index is 2.63. The van der Waals surface area contributed by atoms with Crippen LogP contribution in [-0.2, 0) is 0 Å². The van der Waals surface area contributed by atoms with Gasteiger partial charge in [0.25, 0.3) is 0 Å². The van der Waals surface area contributed by atoms with E-state index in [9.17, 15) is 0 Å². The summed E-state index contributed by atoms with van der Waals surface area (Å²) >= 11 is 0. The summed E-state index contributed by atoms with van der Waals surface area (Å²) in [7, 11) is 2.63. The predicted molar refractivity (Wildman–Crippen MR) is 215 cm³/mol. The summed E-state index contributed by atoms with van der Waals surface area (Å²) in [5, 5.41) is 1.24. The molecule has 0 nitrogen and oxygen atoms in total. The van der Waals surface area contributed by atoms with Gasteiger partial charge in [-0.3, -0.25) is 0 Å². The van der Waals surface area contributed by atoms with Crippen LogP contribution in [0.4, 0.5) is 0 Å². The Morgan fingerprint density at radius 2 is 0.327 bits per heavy atom. The molecule has 234 valence electrons. The first kappa shape index (κ1) is 31.8. The van der Waals surface area contributed by atoms with Crippen molar-refractivity contribution < 1.29 is 0 Å². The lowest BCUT2D eigenvalue weighted by molar-refractivity contribution is 1.51. The van der Waals surface area contributed by atoms with E-state index < -0.39 is 0 Å². The van der Waals surface area contributed by atoms with E-state index in [2.05, 4.69) is 191 Å². The zero-order valence-electron chi connectivity index (χ0n) is 27.3. The minimum Gasteiger partial charge on any atom is -0.106 e. The van der Waals surface area contributed by atoms with Gasteiger partial charge in [-0.15, -0.1) is 9.24 Å². The van der Waals surface area contributed by atoms with Gasteiger partial charge in [0.05, 0.1) is 0 Å². The van der Waals surface area contributed by atoms with Crippen molar-refractivity contribution in [3.63, 3.8) is 0 Å². The van der Waals surface area contributed by atoms with Gasteiger partial charge in [-0.1, -0.05) is 212 Å². The van der Waals surface area contributed by atoms with E-state index in [1.165, 1.54) is 72.1 Å². The summed E-state index contributed by atoms with van der Waals surface area (Å²) in [6, 6.07) is 75.5. The summed E-state index contributed by atoms with van der Waals surface area (Å²) < 4.78 is 0. The van der Waals surface area contributed by atoms with E-state index >= 15 is 0 Å². The van der Waals surface area contributed by atoms with Crippen molar-refractivity contribution in [2.45, 2.75) is 0 Å². The van der Waals surface area contributed by atoms with E-state index in [1.54, 1.807) is 0 Å². The minimum absolute atomic E-state index is 1.20. The number of benzene rings is 8. The summed E-state index contributed by atoms with van der Waals surface area (Å²) in [6.45, 7) is 0. The normalized spacial score (nSPS) is 10.6. The third-order valence-electron chi connectivity index (χ3n) is 8.67. The number of hydrogen-bond donors (Lipinski definition) is 0. The van der Waals surface area contributed by atoms with Gasteiger partial charge in [-0.05, 0) is 72.1 Å². The molecule has 8 rings (SSSR count). The van der Waals surface area contributed by atoms with Gasteiger partial charge < -0.3 is 0 Å². The molecule has 0 heterocycles. The molecule has 0 radical (unpaired) electrons. The summed E-state index contributed by atoms with van der Waals surface area (Å²) in [6.07, 6.45) is 0. The van der Waals surface area contributed by atoms with Crippen LogP contribution in [0.5, 0.6) is 0 Å². The molecule has 0 saturated carbocycles. The van der Waals surface area contributed by atoms with Crippen LogP contribution < -0.4 is 5.30 Å². The second kappa shape index (κ2) is 15.4. The molecule has 0 saturated heterocycles. The highest BCUT2D eigenvalue weighted by Gasteiger charge is 2.28. The maximum Gasteiger partial charge on any atom is -0.00139 e. The molecule has 0 N–H and O–H groups in total. The molecular formula is C48H37P. The summed E-state index contributed by atoms with van der Waals surface area (Å²) in [4.78, 5) is 0. The molecule has 0 aliphatic rings. The van der Waals surface area contributed by atoms with E-state index in [1.807, 2.05) is 30.3 Å². The van der Waals surface area contributed by atoms with Crippen molar-refractivity contribution in [3.8, 4) is 66.8 Å². The molecule has 0 amide bonds. The molecule has 8 aromatic carbocycles. The Morgan fingerprint density at radius 3 is 0.449 bits per heavy atom. The second-order valence-electron chi connectivity index (χ2n) is 11.9. The summed E-state index contributed by atoms with van der Waals surface area (Å²) in [5.41, 5.74) is 14.6. The fraction of sp³-hybridized carbons (Fsp3) is 0. The maximum atomic E-state index is 2.63. The molecule has 0 spiro atoms. The van der Waals surface area contributed by atoms with Crippen molar-refractivity contribution >= 4 is 14.5 Å². The predicted octanol–water partition coefficient (Wildman–Crippen LogP) is 12.9. The molecule has 1 unspecified atom stereocenters. The monoisotopic (exact) mass is 644 g/mol. The topological polar surface area (TPSA) is 0 Å². The first-order chi connectivity index (χ1) is 24.3. The molecule has 0 aliphatic heterocycles. The second-order valence-corrected chi connectivity index (χ2v) is 12.5. The zero-order valence-corrected chi connectivity index (χ0v) is 28.4. The quantitative estimate of drug-likeness (QED) is 0.158. The molecular weight excluding hydrogens is 608 g/mol. The van der Waals surface area contributed by atoms with Crippen molar-refractivity contribution in [1.82, 2.24) is 0 Å². The van der Waals surface area contributed by atoms with Crippen molar-refractivity contribution in [2.24, 2.45) is 0 Å². The lowest BCUT2D eigenvalue weighted by Gasteiger charge is -2.28. The van der Waals surface area contributed by atoms with Gasteiger partial charge >= 0.3 is 0 Å². The minimum atomic E-state index is 1.20. The first-order valence-electron chi connectivity index (χ1n) is 16.7. The van der Waals surface area contributed by atoms with Crippen molar-refractivity contribution in [3.05, 3.63) is 212 Å². The molecule has 49 heavy (non-hydrogen) atoms. The first-order valence-corrected chi connectivity index (χ1v) is 17.2. The molecule has 0 bridgehead atoms. The molecule has 0 aliphatic carbocycles. The van der Waals surface area contributed by atoms with Gasteiger partial charge in [-0.25, -0.2) is 0 Å². The molecule has 8 aromatic rings. The Morgan fingerprint density at radius 1 is 0.184 bits per heavy atom. The van der Waals surface area contributed by atoms with E-state index in [4.69, 9.17) is 0 Å². The third-order valence-corrected chi connectivity index (χ3v) is 9.06. The number of hydrogen-bond acceptors (Lipinski definition) is 0. The van der Waals surface area contributed by atoms with Crippen LogP contribution in [0, 0.1) is 0 Å². The fourth-order valence-electron chi connectivity index (χ4n) is 6.56. The fourth-order valence-corrected chi connectivity index (χ4v) is 6.79. The standard InChI is InChI=1S/C42H30.C6H7P/c1-7-19-31(20-8-1)37-38(32-21-9-2-10-22-32)40(34-25-13-4-14-26-34)42(36-29-17-6-18-30-36)41(35-27-15-5-16-28-35)39(37)33-23-11-3-12-24-33;7-6-4-2-1-3-5-6/h1-30H;1-5H,7H2. The highest BCUT2D eigenvalue weighted by molar-refractivity contribution is 7.27. The average Bonchev–Trinajstić information content (AvgIpc) is 3.19. The average molecular weight is 645 g/mol. The lowest BCUT2D eigenvalue weighted by Crippen LogP contribution is -2.02. The van der Waals surface area contributed by atoms with Gasteiger partial charge in [0.2, 0.25) is 0 Å². The smallest absolute Gasteiger partial charge is 0.00139 e. The van der Waals surface area contributed by atoms with Crippen LogP contribution in [0.3, 0.4) is 0 Å². The molecule has 0 fully saturated rings. The zero-order chi connectivity index (χ0) is 33.3. The number of rotatable bonds is 6. The van der Waals surface area contributed by atoms with Crippen LogP contribution >= 0.6 is 9.24 Å². The lowest BCUT2D eigenvalue weighted by atomic mass is 9.74. The molecule has 1 atom stereocenters. The Labute approximate surface area is 292 Å². The largest absolute Gasteiger partial charge is 0.106 e. The van der Waals surface area contributed by atoms with Gasteiger partial charge in [-0.2, -0.15) is 0 Å². The molecule has 1 heteroatoms. The van der Waals surface area contributed by atoms with E-state index in [0.717, 1.165) is 0 Å². The SMILES string of the molecule is Pc1ccccc1.c1ccc(-c2c(-c3ccccc3)c(-c3ccccc3)c(-c3ccccc3)c(-c3ccccc3)c2-c2ccccc2)cc1. The summed E-state index contributed by atoms with van der Waals surface area (Å²) in [5.74, 6) is 0. The van der Waals surface area contributed by atoms with E-state index in [0.29, 0.717) is 0 Å². The van der Waals surface area contributed by atoms with Gasteiger partial charge in [0, 0.05) is 0 Å². The van der Waals surface area contributed by atoms with Crippen molar-refractivity contribution in [1.29, 1.82) is 0 Å². The van der Waals surface area contributed by atoms with Crippen LogP contribution in [0.2, 0.25) is 0 Å². The highest BCUT2D eigenvalue weighted by atomic mass is 31.0. The van der Waals surface area contributed by atoms with Crippen molar-refractivity contribution in [2.75, 3.05) is 0 Å². The van der Waals surface area contributed by atoms with Gasteiger partial charge in [0.15, 0.2) is 0 Å².